The van der Waals surface area contributed by atoms with Crippen LogP contribution in [0.15, 0.2) is 36.5 Å². The standard InChI is InChI=1S/C25H29FN4O2/c1-15-12-16(2)30(21(15)14-29-10-3-4-11-29)25(32)23(20-6-5-9-27-20)22-18-13-17(26)7-8-19(18)28-24(22)31/h5-9,13,15-16,21,27H,3-4,10-12,14H2,1-2H3,(H,28,31)/t15?,16?,21-/m0/s1. The Bertz CT molecular complexity index is 1070. The van der Waals surface area contributed by atoms with E-state index in [9.17, 15) is 14.0 Å². The van der Waals surface area contributed by atoms with Crippen molar-refractivity contribution < 1.29 is 14.0 Å². The lowest BCUT2D eigenvalue weighted by Gasteiger charge is -2.33. The number of hydrogen-bond donors (Lipinski definition) is 2. The molecule has 2 N–H and O–H groups in total. The van der Waals surface area contributed by atoms with Crippen molar-refractivity contribution >= 4 is 28.6 Å². The number of anilines is 1. The minimum atomic E-state index is -0.439. The van der Waals surface area contributed by atoms with Crippen LogP contribution in [0.25, 0.3) is 11.1 Å². The lowest BCUT2D eigenvalue weighted by molar-refractivity contribution is -0.128. The number of likely N-dealkylation sites (tertiary alicyclic amines) is 2. The molecule has 3 aliphatic heterocycles. The summed E-state index contributed by atoms with van der Waals surface area (Å²) in [5.41, 5.74) is 2.08. The highest BCUT2D eigenvalue weighted by atomic mass is 19.1. The van der Waals surface area contributed by atoms with Gasteiger partial charge in [0.05, 0.1) is 16.8 Å². The molecule has 7 heteroatoms. The van der Waals surface area contributed by atoms with E-state index in [1.165, 1.54) is 25.0 Å². The van der Waals surface area contributed by atoms with Crippen molar-refractivity contribution in [1.29, 1.82) is 0 Å². The smallest absolute Gasteiger partial charge is 0.257 e. The number of hydrogen-bond acceptors (Lipinski definition) is 3. The number of aromatic amines is 1. The Balaban J connectivity index is 1.60. The van der Waals surface area contributed by atoms with Crippen LogP contribution in [0, 0.1) is 11.7 Å². The molecule has 0 saturated carbocycles. The van der Waals surface area contributed by atoms with Crippen LogP contribution in [0.2, 0.25) is 0 Å². The van der Waals surface area contributed by atoms with Gasteiger partial charge in [-0.25, -0.2) is 4.39 Å². The van der Waals surface area contributed by atoms with Crippen LogP contribution in [0.5, 0.6) is 0 Å². The van der Waals surface area contributed by atoms with Crippen LogP contribution < -0.4 is 5.32 Å². The van der Waals surface area contributed by atoms with E-state index in [1.54, 1.807) is 24.4 Å². The molecule has 0 radical (unpaired) electrons. The van der Waals surface area contributed by atoms with Gasteiger partial charge in [0, 0.05) is 36.1 Å². The number of halogens is 1. The highest BCUT2D eigenvalue weighted by Crippen LogP contribution is 2.40. The number of rotatable bonds is 4. The lowest BCUT2D eigenvalue weighted by atomic mass is 9.96. The molecule has 1 aromatic carbocycles. The van der Waals surface area contributed by atoms with E-state index >= 15 is 0 Å². The molecule has 32 heavy (non-hydrogen) atoms. The van der Waals surface area contributed by atoms with E-state index in [0.29, 0.717) is 28.4 Å². The van der Waals surface area contributed by atoms with Gasteiger partial charge in [-0.15, -0.1) is 0 Å². The summed E-state index contributed by atoms with van der Waals surface area (Å²) in [5.74, 6) is -0.618. The topological polar surface area (TPSA) is 68.4 Å². The van der Waals surface area contributed by atoms with Crippen molar-refractivity contribution in [1.82, 2.24) is 14.8 Å². The second-order valence-corrected chi connectivity index (χ2v) is 9.33. The molecule has 2 unspecified atom stereocenters. The summed E-state index contributed by atoms with van der Waals surface area (Å²) < 4.78 is 14.1. The molecule has 2 saturated heterocycles. The maximum Gasteiger partial charge on any atom is 0.257 e. The minimum Gasteiger partial charge on any atom is -0.361 e. The Morgan fingerprint density at radius 1 is 1.19 bits per heavy atom. The fraction of sp³-hybridized carbons (Fsp3) is 0.440. The van der Waals surface area contributed by atoms with Gasteiger partial charge in [-0.1, -0.05) is 6.92 Å². The highest BCUT2D eigenvalue weighted by molar-refractivity contribution is 6.45. The normalized spacial score (nSPS) is 27.0. The van der Waals surface area contributed by atoms with E-state index in [1.807, 2.05) is 4.90 Å². The third-order valence-corrected chi connectivity index (χ3v) is 7.14. The van der Waals surface area contributed by atoms with Gasteiger partial charge < -0.3 is 20.1 Å². The first kappa shape index (κ1) is 20.9. The molecule has 0 aliphatic carbocycles. The molecule has 5 rings (SSSR count). The molecule has 0 bridgehead atoms. The quantitative estimate of drug-likeness (QED) is 0.718. The largest absolute Gasteiger partial charge is 0.361 e. The van der Waals surface area contributed by atoms with E-state index in [0.717, 1.165) is 26.1 Å². The summed E-state index contributed by atoms with van der Waals surface area (Å²) in [4.78, 5) is 34.7. The number of aromatic nitrogens is 1. The van der Waals surface area contributed by atoms with Gasteiger partial charge in [0.2, 0.25) is 0 Å². The molecule has 1 aromatic heterocycles. The third kappa shape index (κ3) is 3.54. The molecule has 2 aromatic rings. The van der Waals surface area contributed by atoms with Gasteiger partial charge in [0.15, 0.2) is 0 Å². The Labute approximate surface area is 187 Å². The Kier molecular flexibility index (Phi) is 5.37. The van der Waals surface area contributed by atoms with Crippen molar-refractivity contribution in [3.8, 4) is 0 Å². The minimum absolute atomic E-state index is 0.0621. The van der Waals surface area contributed by atoms with Crippen LogP contribution in [0.3, 0.4) is 0 Å². The fourth-order valence-electron chi connectivity index (χ4n) is 5.62. The number of carbonyl (C=O) groups excluding carboxylic acids is 2. The fourth-order valence-corrected chi connectivity index (χ4v) is 5.62. The summed E-state index contributed by atoms with van der Waals surface area (Å²) in [6, 6.07) is 7.93. The number of nitrogens with one attached hydrogen (secondary N) is 2. The van der Waals surface area contributed by atoms with Crippen molar-refractivity contribution in [2.45, 2.75) is 45.2 Å². The summed E-state index contributed by atoms with van der Waals surface area (Å²) in [7, 11) is 0. The molecule has 0 spiro atoms. The Hall–Kier alpha value is -2.93. The Morgan fingerprint density at radius 3 is 2.69 bits per heavy atom. The monoisotopic (exact) mass is 436 g/mol. The number of fused-ring (bicyclic) bond motifs is 1. The molecule has 3 aliphatic rings. The third-order valence-electron chi connectivity index (χ3n) is 7.14. The molecule has 4 heterocycles. The van der Waals surface area contributed by atoms with Crippen molar-refractivity contribution in [3.05, 3.63) is 53.6 Å². The molecule has 6 nitrogen and oxygen atoms in total. The van der Waals surface area contributed by atoms with Crippen molar-refractivity contribution in [2.75, 3.05) is 25.0 Å². The van der Waals surface area contributed by atoms with Gasteiger partial charge in [0.1, 0.15) is 5.82 Å². The maximum atomic E-state index is 14.2. The predicted molar refractivity (Wildman–Crippen MR) is 122 cm³/mol. The lowest BCUT2D eigenvalue weighted by Crippen LogP contribution is -2.47. The SMILES string of the molecule is CC1CC(C)N(C(=O)C(=C2C(=O)Nc3ccc(F)cc32)c2ccc[nH]2)[C@H]1CN1CCCC1. The molecular weight excluding hydrogens is 407 g/mol. The summed E-state index contributed by atoms with van der Waals surface area (Å²) in [6.45, 7) is 7.27. The summed E-state index contributed by atoms with van der Waals surface area (Å²) in [6.07, 6.45) is 5.06. The summed E-state index contributed by atoms with van der Waals surface area (Å²) >= 11 is 0. The van der Waals surface area contributed by atoms with Gasteiger partial charge >= 0.3 is 0 Å². The van der Waals surface area contributed by atoms with E-state index < -0.39 is 5.82 Å². The second-order valence-electron chi connectivity index (χ2n) is 9.33. The molecule has 168 valence electrons. The van der Waals surface area contributed by atoms with Crippen molar-refractivity contribution in [3.63, 3.8) is 0 Å². The van der Waals surface area contributed by atoms with E-state index in [4.69, 9.17) is 0 Å². The predicted octanol–water partition coefficient (Wildman–Crippen LogP) is 3.74. The highest BCUT2D eigenvalue weighted by Gasteiger charge is 2.43. The van der Waals surface area contributed by atoms with Crippen LogP contribution in [0.1, 0.15) is 44.4 Å². The number of carbonyl (C=O) groups is 2. The number of H-pyrrole nitrogens is 1. The van der Waals surface area contributed by atoms with Crippen LogP contribution in [0.4, 0.5) is 10.1 Å². The average Bonchev–Trinajstić information content (AvgIpc) is 3.53. The number of benzene rings is 1. The average molecular weight is 437 g/mol. The first-order valence-corrected chi connectivity index (χ1v) is 11.5. The first-order chi connectivity index (χ1) is 15.4. The molecule has 2 fully saturated rings. The van der Waals surface area contributed by atoms with Gasteiger partial charge in [-0.05, 0) is 75.5 Å². The zero-order valence-corrected chi connectivity index (χ0v) is 18.5. The summed E-state index contributed by atoms with van der Waals surface area (Å²) in [5, 5.41) is 2.80. The van der Waals surface area contributed by atoms with Crippen LogP contribution in [-0.2, 0) is 9.59 Å². The van der Waals surface area contributed by atoms with Gasteiger partial charge in [-0.3, -0.25) is 9.59 Å². The number of amides is 2. The van der Waals surface area contributed by atoms with Crippen LogP contribution >= 0.6 is 0 Å². The zero-order valence-electron chi connectivity index (χ0n) is 18.5. The molecular formula is C25H29FN4O2. The van der Waals surface area contributed by atoms with Crippen molar-refractivity contribution in [2.24, 2.45) is 5.92 Å². The number of nitrogens with zero attached hydrogens (tertiary/aromatic N) is 2. The van der Waals surface area contributed by atoms with E-state index in [-0.39, 0.29) is 29.5 Å². The first-order valence-electron chi connectivity index (χ1n) is 11.5. The Morgan fingerprint density at radius 2 is 1.97 bits per heavy atom. The maximum absolute atomic E-state index is 14.2. The second kappa shape index (κ2) is 8.20. The molecule has 2 amide bonds. The van der Waals surface area contributed by atoms with Gasteiger partial charge in [0.25, 0.3) is 11.8 Å². The zero-order chi connectivity index (χ0) is 22.4. The van der Waals surface area contributed by atoms with Gasteiger partial charge in [-0.2, -0.15) is 0 Å². The van der Waals surface area contributed by atoms with Crippen LogP contribution in [-0.4, -0.2) is 58.3 Å². The molecule has 3 atom stereocenters. The van der Waals surface area contributed by atoms with E-state index in [2.05, 4.69) is 29.0 Å².